The van der Waals surface area contributed by atoms with Crippen molar-refractivity contribution < 1.29 is 69.0 Å². The highest BCUT2D eigenvalue weighted by molar-refractivity contribution is 6.06. The average Bonchev–Trinajstić information content (AvgIpc) is 3.03. The first-order valence-electron chi connectivity index (χ1n) is 15.3. The molecule has 3 heterocycles. The zero-order valence-electron chi connectivity index (χ0n) is 26.6. The van der Waals surface area contributed by atoms with Gasteiger partial charge < -0.3 is 64.2 Å². The topological polar surface area (TPSA) is 214 Å². The van der Waals surface area contributed by atoms with Gasteiger partial charge in [0.05, 0.1) is 19.3 Å². The summed E-state index contributed by atoms with van der Waals surface area (Å²) in [6.45, 7) is 6.65. The van der Waals surface area contributed by atoms with Crippen LogP contribution in [0.2, 0.25) is 0 Å². The van der Waals surface area contributed by atoms with Crippen LogP contribution in [0, 0.1) is 0 Å². The van der Waals surface area contributed by atoms with Gasteiger partial charge in [0.15, 0.2) is 24.8 Å². The summed E-state index contributed by atoms with van der Waals surface area (Å²) < 4.78 is 35.2. The third-order valence-electron chi connectivity index (χ3n) is 8.69. The predicted octanol–water partition coefficient (Wildman–Crippen LogP) is 0.996. The number of hydrogen-bond acceptors (Lipinski definition) is 14. The number of rotatable bonds is 8. The number of ether oxygens (including phenoxy) is 6. The molecule has 0 aliphatic carbocycles. The minimum atomic E-state index is -1.76. The number of methoxy groups -OCH3 is 1. The summed E-state index contributed by atoms with van der Waals surface area (Å²) in [5.74, 6) is -1.07. The van der Waals surface area contributed by atoms with E-state index in [2.05, 4.69) is 0 Å². The fourth-order valence-corrected chi connectivity index (χ4v) is 5.86. The highest BCUT2D eigenvalue weighted by Gasteiger charge is 2.52. The van der Waals surface area contributed by atoms with Crippen molar-refractivity contribution in [1.82, 2.24) is 0 Å². The fourth-order valence-electron chi connectivity index (χ4n) is 5.86. The molecule has 3 aliphatic rings. The normalized spacial score (nSPS) is 35.5. The number of allylic oxidation sites excluding steroid dienone is 2. The number of phenols is 2. The molecule has 5 rings (SSSR count). The van der Waals surface area contributed by atoms with Crippen molar-refractivity contribution in [1.29, 1.82) is 0 Å². The largest absolute Gasteiger partial charge is 0.507 e. The molecule has 0 radical (unpaired) electrons. The van der Waals surface area contributed by atoms with Crippen LogP contribution in [0.15, 0.2) is 42.0 Å². The third kappa shape index (κ3) is 6.84. The lowest BCUT2D eigenvalue weighted by atomic mass is 9.89. The van der Waals surface area contributed by atoms with Gasteiger partial charge in [-0.25, -0.2) is 0 Å². The molecule has 7 N–H and O–H groups in total. The van der Waals surface area contributed by atoms with Crippen LogP contribution >= 0.6 is 0 Å². The highest BCUT2D eigenvalue weighted by atomic mass is 16.8. The van der Waals surface area contributed by atoms with Crippen molar-refractivity contribution in [2.45, 2.75) is 108 Å². The van der Waals surface area contributed by atoms with E-state index in [1.54, 1.807) is 24.3 Å². The van der Waals surface area contributed by atoms with Gasteiger partial charge in [-0.1, -0.05) is 23.8 Å². The van der Waals surface area contributed by atoms with Gasteiger partial charge in [-0.05, 0) is 51.8 Å². The van der Waals surface area contributed by atoms with Gasteiger partial charge >= 0.3 is 0 Å². The summed E-state index contributed by atoms with van der Waals surface area (Å²) in [6.07, 6.45) is -15.5. The molecule has 3 aliphatic heterocycles. The van der Waals surface area contributed by atoms with Crippen LogP contribution in [0.25, 0.3) is 0 Å². The second-order valence-corrected chi connectivity index (χ2v) is 12.3. The summed E-state index contributed by atoms with van der Waals surface area (Å²) >= 11 is 0. The van der Waals surface area contributed by atoms with Crippen LogP contribution in [-0.2, 0) is 25.4 Å². The van der Waals surface area contributed by atoms with Gasteiger partial charge in [0, 0.05) is 11.6 Å². The van der Waals surface area contributed by atoms with E-state index >= 15 is 0 Å². The van der Waals surface area contributed by atoms with Crippen LogP contribution in [0.3, 0.4) is 0 Å². The summed E-state index contributed by atoms with van der Waals surface area (Å²) in [4.78, 5) is 14.3. The van der Waals surface area contributed by atoms with E-state index < -0.39 is 85.2 Å². The van der Waals surface area contributed by atoms with Crippen molar-refractivity contribution >= 4 is 5.78 Å². The molecule has 2 fully saturated rings. The number of fused-ring (bicyclic) bond motifs is 1. The number of aromatic hydroxyl groups is 2. The number of carbonyl (C=O) groups excluding carboxylic acids is 1. The Bertz CT molecular complexity index is 1460. The molecule has 12 atom stereocenters. The Morgan fingerprint density at radius 2 is 1.45 bits per heavy atom. The summed E-state index contributed by atoms with van der Waals surface area (Å²) in [6, 6.07) is 7.63. The Hall–Kier alpha value is -3.31. The number of benzene rings is 2. The van der Waals surface area contributed by atoms with Crippen LogP contribution < -0.4 is 9.47 Å². The molecule has 0 amide bonds. The van der Waals surface area contributed by atoms with Crippen LogP contribution in [-0.4, -0.2) is 116 Å². The van der Waals surface area contributed by atoms with E-state index in [1.165, 1.54) is 21.0 Å². The SMILES string of the molecule is COc1ccc([C@@H]2Oc3c(CC=C(C)C)c(O)cc(O)c3C(=O)[C@@H]2O[C@H]2O[C@H](C)[C@@H](O)[C@H](O)[C@H]2O[C@H]2O[C@@H](C)[C@@H](O)[C@H](O)[C@@H]2O)cc1. The number of ketones is 1. The van der Waals surface area contributed by atoms with Crippen molar-refractivity contribution in [2.24, 2.45) is 0 Å². The van der Waals surface area contributed by atoms with Crippen LogP contribution in [0.1, 0.15) is 55.3 Å². The Kier molecular flexibility index (Phi) is 10.5. The second-order valence-electron chi connectivity index (χ2n) is 12.3. The van der Waals surface area contributed by atoms with Gasteiger partial charge in [0.1, 0.15) is 65.2 Å². The van der Waals surface area contributed by atoms with E-state index in [0.29, 0.717) is 11.3 Å². The van der Waals surface area contributed by atoms with Crippen LogP contribution in [0.5, 0.6) is 23.0 Å². The second kappa shape index (κ2) is 14.0. The molecule has 0 saturated carbocycles. The lowest BCUT2D eigenvalue weighted by molar-refractivity contribution is -0.366. The molecule has 14 heteroatoms. The number of aliphatic hydroxyl groups excluding tert-OH is 5. The molecule has 2 aromatic carbocycles. The van der Waals surface area contributed by atoms with Crippen LogP contribution in [0.4, 0.5) is 0 Å². The van der Waals surface area contributed by atoms with Gasteiger partial charge in [0.2, 0.25) is 5.78 Å². The summed E-state index contributed by atoms with van der Waals surface area (Å²) in [7, 11) is 1.49. The van der Waals surface area contributed by atoms with Gasteiger partial charge in [-0.3, -0.25) is 4.79 Å². The van der Waals surface area contributed by atoms with Crippen molar-refractivity contribution in [3.8, 4) is 23.0 Å². The molecule has 2 aromatic rings. The molecule has 258 valence electrons. The van der Waals surface area contributed by atoms with E-state index in [1.807, 2.05) is 19.9 Å². The minimum Gasteiger partial charge on any atom is -0.507 e. The van der Waals surface area contributed by atoms with E-state index in [4.69, 9.17) is 28.4 Å². The number of Topliss-reactive ketones (excluding diaryl/α,β-unsaturated/α-hetero) is 1. The first kappa shape index (κ1) is 35.0. The van der Waals surface area contributed by atoms with Crippen molar-refractivity contribution in [3.63, 3.8) is 0 Å². The highest BCUT2D eigenvalue weighted by Crippen LogP contribution is 2.47. The Morgan fingerprint density at radius 3 is 2.06 bits per heavy atom. The zero-order chi connectivity index (χ0) is 34.3. The van der Waals surface area contributed by atoms with E-state index in [9.17, 15) is 40.5 Å². The lowest BCUT2D eigenvalue weighted by Crippen LogP contribution is -2.64. The third-order valence-corrected chi connectivity index (χ3v) is 8.69. The van der Waals surface area contributed by atoms with E-state index in [-0.39, 0.29) is 29.0 Å². The quantitative estimate of drug-likeness (QED) is 0.197. The number of carbonyl (C=O) groups is 1. The maximum absolute atomic E-state index is 14.3. The monoisotopic (exact) mass is 662 g/mol. The number of hydrogen-bond donors (Lipinski definition) is 7. The smallest absolute Gasteiger partial charge is 0.203 e. The zero-order valence-corrected chi connectivity index (χ0v) is 26.6. The molecule has 0 aromatic heterocycles. The number of aliphatic hydroxyl groups is 5. The van der Waals surface area contributed by atoms with Gasteiger partial charge in [-0.2, -0.15) is 0 Å². The van der Waals surface area contributed by atoms with Gasteiger partial charge in [0.25, 0.3) is 0 Å². The average molecular weight is 663 g/mol. The standard InChI is InChI=1S/C33H42O14/c1-13(2)6-11-18-19(34)12-20(35)21-24(38)30(28(45-29(18)21)16-7-9-17(42-5)10-8-16)46-33-31(26(40)23(37)15(4)44-33)47-32-27(41)25(39)22(36)14(3)43-32/h6-10,12,14-15,22-23,25-28,30-37,39-41H,11H2,1-5H3/t14-,15+,22+,23+,25-,26-,27-,28-,30-,31+,32+,33+/m0/s1. The summed E-state index contributed by atoms with van der Waals surface area (Å²) in [5.41, 5.74) is 1.42. The predicted molar refractivity (Wildman–Crippen MR) is 162 cm³/mol. The molecular weight excluding hydrogens is 620 g/mol. The lowest BCUT2D eigenvalue weighted by Gasteiger charge is -2.46. The molecule has 47 heavy (non-hydrogen) atoms. The maximum Gasteiger partial charge on any atom is 0.203 e. The fraction of sp³-hybridized carbons (Fsp3) is 0.545. The molecule has 2 saturated heterocycles. The van der Waals surface area contributed by atoms with Crippen molar-refractivity contribution in [3.05, 3.63) is 58.7 Å². The van der Waals surface area contributed by atoms with Crippen molar-refractivity contribution in [2.75, 3.05) is 7.11 Å². The molecule has 14 nitrogen and oxygen atoms in total. The first-order valence-corrected chi connectivity index (χ1v) is 15.3. The maximum atomic E-state index is 14.3. The van der Waals surface area contributed by atoms with Gasteiger partial charge in [-0.15, -0.1) is 0 Å². The molecule has 0 unspecified atom stereocenters. The molecule has 0 bridgehead atoms. The first-order chi connectivity index (χ1) is 22.2. The number of phenolic OH excluding ortho intramolecular Hbond substituents is 2. The molecule has 0 spiro atoms. The Balaban J connectivity index is 1.55. The van der Waals surface area contributed by atoms with E-state index in [0.717, 1.165) is 11.6 Å². The summed E-state index contributed by atoms with van der Waals surface area (Å²) in [5, 5.41) is 74.4. The Morgan fingerprint density at radius 1 is 0.830 bits per heavy atom. The Labute approximate surface area is 271 Å². The minimum absolute atomic E-state index is 0.0351. The molecular formula is C33H42O14.